The molecule has 0 aliphatic rings. The topological polar surface area (TPSA) is 91.1 Å². The highest BCUT2D eigenvalue weighted by Crippen LogP contribution is 2.36. The van der Waals surface area contributed by atoms with Gasteiger partial charge < -0.3 is 0 Å². The molecule has 0 radical (unpaired) electrons. The second-order valence-electron chi connectivity index (χ2n) is 5.21. The van der Waals surface area contributed by atoms with Gasteiger partial charge in [-0.2, -0.15) is 31.6 Å². The molecule has 3 aromatic rings. The third kappa shape index (κ3) is 3.71. The zero-order valence-corrected chi connectivity index (χ0v) is 12.9. The van der Waals surface area contributed by atoms with Crippen molar-refractivity contribution in [3.05, 3.63) is 47.4 Å². The lowest BCUT2D eigenvalue weighted by Gasteiger charge is -2.12. The van der Waals surface area contributed by atoms with Crippen molar-refractivity contribution in [3.8, 4) is 28.7 Å². The summed E-state index contributed by atoms with van der Waals surface area (Å²) in [4.78, 5) is 6.91. The van der Waals surface area contributed by atoms with Gasteiger partial charge in [0.15, 0.2) is 11.5 Å². The fourth-order valence-corrected chi connectivity index (χ4v) is 2.22. The highest BCUT2D eigenvalue weighted by atomic mass is 19.4. The summed E-state index contributed by atoms with van der Waals surface area (Å²) in [6, 6.07) is 4.70. The molecule has 0 bridgehead atoms. The van der Waals surface area contributed by atoms with E-state index in [4.69, 9.17) is 5.26 Å². The molecule has 1 N–H and O–H groups in total. The number of halogens is 6. The van der Waals surface area contributed by atoms with E-state index in [0.29, 0.717) is 18.2 Å². The van der Waals surface area contributed by atoms with Crippen molar-refractivity contribution in [1.29, 1.82) is 5.26 Å². The second kappa shape index (κ2) is 6.35. The predicted molar refractivity (Wildman–Crippen MR) is 77.6 cm³/mol. The quantitative estimate of drug-likeness (QED) is 0.678. The molecule has 0 amide bonds. The molecule has 138 valence electrons. The van der Waals surface area contributed by atoms with E-state index in [1.807, 2.05) is 0 Å². The highest BCUT2D eigenvalue weighted by molar-refractivity contribution is 5.72. The van der Waals surface area contributed by atoms with Crippen LogP contribution in [0.5, 0.6) is 0 Å². The number of hydrogen-bond donors (Lipinski definition) is 1. The molecule has 0 aliphatic heterocycles. The van der Waals surface area contributed by atoms with Gasteiger partial charge in [0.25, 0.3) is 0 Å². The summed E-state index contributed by atoms with van der Waals surface area (Å²) in [7, 11) is 0. The van der Waals surface area contributed by atoms with Crippen LogP contribution in [0.1, 0.15) is 17.0 Å². The minimum atomic E-state index is -4.80. The molecule has 2 heterocycles. The van der Waals surface area contributed by atoms with Crippen molar-refractivity contribution in [2.45, 2.75) is 12.4 Å². The molecular formula is C15H6F6N6. The Balaban J connectivity index is 2.22. The lowest BCUT2D eigenvalue weighted by atomic mass is 10.0. The molecule has 6 nitrogen and oxygen atoms in total. The van der Waals surface area contributed by atoms with E-state index in [9.17, 15) is 26.3 Å². The van der Waals surface area contributed by atoms with Crippen LogP contribution in [0.25, 0.3) is 22.6 Å². The number of alkyl halides is 6. The molecule has 0 saturated carbocycles. The number of benzene rings is 1. The molecular weight excluding hydrogens is 378 g/mol. The molecule has 2 aromatic heterocycles. The SMILES string of the molecule is N#Cc1[nH]nnc1-c1cc(-c2nccc(C(F)(F)F)n2)cc(C(F)(F)F)c1. The molecule has 27 heavy (non-hydrogen) atoms. The van der Waals surface area contributed by atoms with Crippen molar-refractivity contribution in [1.82, 2.24) is 25.4 Å². The molecule has 0 spiro atoms. The van der Waals surface area contributed by atoms with Crippen LogP contribution in [0.4, 0.5) is 26.3 Å². The van der Waals surface area contributed by atoms with E-state index in [-0.39, 0.29) is 22.5 Å². The standard InChI is InChI=1S/C15H6F6N6/c16-14(17,18)9-4-7(12-10(6-22)25-27-26-12)3-8(5-9)13-23-2-1-11(24-13)15(19,20)21/h1-5H,(H,25,26,27). The maximum atomic E-state index is 13.2. The van der Waals surface area contributed by atoms with E-state index < -0.39 is 29.4 Å². The van der Waals surface area contributed by atoms with E-state index in [1.54, 1.807) is 6.07 Å². The van der Waals surface area contributed by atoms with Gasteiger partial charge in [0.2, 0.25) is 0 Å². The summed E-state index contributed by atoms with van der Waals surface area (Å²) in [5.74, 6) is -0.556. The van der Waals surface area contributed by atoms with Crippen LogP contribution >= 0.6 is 0 Å². The van der Waals surface area contributed by atoms with Crippen molar-refractivity contribution in [2.75, 3.05) is 0 Å². The molecule has 0 fully saturated rings. The first kappa shape index (κ1) is 18.3. The zero-order chi connectivity index (χ0) is 19.8. The normalized spacial score (nSPS) is 12.0. The van der Waals surface area contributed by atoms with E-state index in [1.165, 1.54) is 0 Å². The smallest absolute Gasteiger partial charge is 0.247 e. The third-order valence-corrected chi connectivity index (χ3v) is 3.40. The van der Waals surface area contributed by atoms with E-state index in [0.717, 1.165) is 12.3 Å². The molecule has 0 atom stereocenters. The minimum Gasteiger partial charge on any atom is -0.247 e. The first-order chi connectivity index (χ1) is 12.6. The van der Waals surface area contributed by atoms with Crippen LogP contribution in [-0.4, -0.2) is 25.4 Å². The number of aromatic amines is 1. The molecule has 1 aromatic carbocycles. The van der Waals surface area contributed by atoms with Gasteiger partial charge in [-0.3, -0.25) is 0 Å². The van der Waals surface area contributed by atoms with Crippen LogP contribution in [0.15, 0.2) is 30.5 Å². The third-order valence-electron chi connectivity index (χ3n) is 3.40. The van der Waals surface area contributed by atoms with E-state index >= 15 is 0 Å². The van der Waals surface area contributed by atoms with Crippen molar-refractivity contribution in [3.63, 3.8) is 0 Å². The van der Waals surface area contributed by atoms with Crippen LogP contribution in [0.3, 0.4) is 0 Å². The first-order valence-electron chi connectivity index (χ1n) is 7.04. The van der Waals surface area contributed by atoms with E-state index in [2.05, 4.69) is 25.4 Å². The number of H-pyrrole nitrogens is 1. The first-order valence-corrected chi connectivity index (χ1v) is 7.04. The van der Waals surface area contributed by atoms with Gasteiger partial charge >= 0.3 is 12.4 Å². The molecule has 3 rings (SSSR count). The number of nitrogens with one attached hydrogen (secondary N) is 1. The highest BCUT2D eigenvalue weighted by Gasteiger charge is 2.34. The Morgan fingerprint density at radius 3 is 2.30 bits per heavy atom. The van der Waals surface area contributed by atoms with Gasteiger partial charge in [0.05, 0.1) is 5.56 Å². The van der Waals surface area contributed by atoms with Gasteiger partial charge in [-0.15, -0.1) is 5.10 Å². The van der Waals surface area contributed by atoms with Gasteiger partial charge in [-0.25, -0.2) is 15.1 Å². The van der Waals surface area contributed by atoms with Crippen LogP contribution in [0, 0.1) is 11.3 Å². The number of nitriles is 1. The summed E-state index contributed by atoms with van der Waals surface area (Å²) in [6.07, 6.45) is -8.80. The van der Waals surface area contributed by atoms with Crippen molar-refractivity contribution >= 4 is 0 Å². The minimum absolute atomic E-state index is 0.175. The summed E-state index contributed by atoms with van der Waals surface area (Å²) in [6.45, 7) is 0. The van der Waals surface area contributed by atoms with Crippen molar-refractivity contribution in [2.24, 2.45) is 0 Å². The fraction of sp³-hybridized carbons (Fsp3) is 0.133. The largest absolute Gasteiger partial charge is 0.433 e. The lowest BCUT2D eigenvalue weighted by molar-refractivity contribution is -0.141. The fourth-order valence-electron chi connectivity index (χ4n) is 2.22. The van der Waals surface area contributed by atoms with Gasteiger partial charge in [0.1, 0.15) is 17.5 Å². The number of aromatic nitrogens is 5. The lowest BCUT2D eigenvalue weighted by Crippen LogP contribution is -2.10. The Morgan fingerprint density at radius 2 is 1.67 bits per heavy atom. The average molecular weight is 384 g/mol. The van der Waals surface area contributed by atoms with Crippen LogP contribution in [0.2, 0.25) is 0 Å². The van der Waals surface area contributed by atoms with Gasteiger partial charge in [0, 0.05) is 17.3 Å². The predicted octanol–water partition coefficient (Wildman–Crippen LogP) is 3.84. The average Bonchev–Trinajstić information content (AvgIpc) is 3.09. The Kier molecular flexibility index (Phi) is 4.30. The summed E-state index contributed by atoms with van der Waals surface area (Å²) in [5, 5.41) is 18.1. The number of rotatable bonds is 2. The number of nitrogens with zero attached hydrogens (tertiary/aromatic N) is 5. The van der Waals surface area contributed by atoms with Crippen LogP contribution in [-0.2, 0) is 12.4 Å². The maximum absolute atomic E-state index is 13.2. The molecule has 0 unspecified atom stereocenters. The van der Waals surface area contributed by atoms with Gasteiger partial charge in [-0.1, -0.05) is 5.21 Å². The second-order valence-corrected chi connectivity index (χ2v) is 5.21. The Bertz CT molecular complexity index is 1030. The van der Waals surface area contributed by atoms with Crippen LogP contribution < -0.4 is 0 Å². The van der Waals surface area contributed by atoms with Gasteiger partial charge in [-0.05, 0) is 24.3 Å². The molecule has 0 aliphatic carbocycles. The molecule has 0 saturated heterocycles. The monoisotopic (exact) mass is 384 g/mol. The maximum Gasteiger partial charge on any atom is 0.433 e. The Labute approximate surface area is 146 Å². The summed E-state index contributed by atoms with van der Waals surface area (Å²) >= 11 is 0. The summed E-state index contributed by atoms with van der Waals surface area (Å²) < 4.78 is 78.2. The Hall–Kier alpha value is -3.49. The zero-order valence-electron chi connectivity index (χ0n) is 12.9. The number of hydrogen-bond acceptors (Lipinski definition) is 5. The summed E-state index contributed by atoms with van der Waals surface area (Å²) in [5.41, 5.74) is -3.35. The van der Waals surface area contributed by atoms with Crippen molar-refractivity contribution < 1.29 is 26.3 Å². The Morgan fingerprint density at radius 1 is 0.963 bits per heavy atom. The molecule has 12 heteroatoms.